The quantitative estimate of drug-likeness (QED) is 0.797. The summed E-state index contributed by atoms with van der Waals surface area (Å²) in [4.78, 5) is 0. The zero-order valence-electron chi connectivity index (χ0n) is 10.8. The number of benzene rings is 1. The van der Waals surface area contributed by atoms with Gasteiger partial charge in [-0.15, -0.1) is 0 Å². The van der Waals surface area contributed by atoms with Gasteiger partial charge in [0.25, 0.3) is 0 Å². The monoisotopic (exact) mass is 235 g/mol. The van der Waals surface area contributed by atoms with Crippen molar-refractivity contribution in [2.45, 2.75) is 33.1 Å². The third kappa shape index (κ3) is 3.29. The number of hydrogen-bond acceptors (Lipinski definition) is 1. The molecule has 0 aliphatic heterocycles. The lowest BCUT2D eigenvalue weighted by molar-refractivity contribution is 0.257. The van der Waals surface area contributed by atoms with Gasteiger partial charge in [-0.05, 0) is 54.8 Å². The summed E-state index contributed by atoms with van der Waals surface area (Å²) in [6.45, 7) is 6.50. The minimum absolute atomic E-state index is 0.121. The van der Waals surface area contributed by atoms with Crippen LogP contribution in [-0.4, -0.2) is 13.1 Å². The van der Waals surface area contributed by atoms with E-state index < -0.39 is 0 Å². The maximum Gasteiger partial charge on any atom is 0.123 e. The number of rotatable bonds is 6. The molecule has 2 rings (SSSR count). The first-order chi connectivity index (χ1) is 8.14. The Morgan fingerprint density at radius 3 is 2.76 bits per heavy atom. The van der Waals surface area contributed by atoms with E-state index >= 15 is 0 Å². The first-order valence-electron chi connectivity index (χ1n) is 6.59. The van der Waals surface area contributed by atoms with E-state index in [-0.39, 0.29) is 11.2 Å². The van der Waals surface area contributed by atoms with E-state index in [1.54, 1.807) is 6.07 Å². The van der Waals surface area contributed by atoms with Crippen LogP contribution in [-0.2, 0) is 6.42 Å². The summed E-state index contributed by atoms with van der Waals surface area (Å²) in [6, 6.07) is 7.04. The number of nitrogens with one attached hydrogen (secondary N) is 1. The predicted octanol–water partition coefficient (Wildman–Crippen LogP) is 3.39. The molecule has 1 atom stereocenters. The first kappa shape index (κ1) is 12.6. The maximum absolute atomic E-state index is 13.2. The Hall–Kier alpha value is -0.890. The third-order valence-corrected chi connectivity index (χ3v) is 3.84. The van der Waals surface area contributed by atoms with Gasteiger partial charge >= 0.3 is 0 Å². The summed E-state index contributed by atoms with van der Waals surface area (Å²) in [5, 5.41) is 3.45. The average molecular weight is 235 g/mol. The number of halogens is 1. The van der Waals surface area contributed by atoms with Gasteiger partial charge in [0.1, 0.15) is 5.82 Å². The van der Waals surface area contributed by atoms with E-state index in [9.17, 15) is 4.39 Å². The van der Waals surface area contributed by atoms with E-state index in [1.165, 1.54) is 18.9 Å². The van der Waals surface area contributed by atoms with Crippen LogP contribution in [0.15, 0.2) is 24.3 Å². The molecule has 0 bridgehead atoms. The highest BCUT2D eigenvalue weighted by atomic mass is 19.1. The van der Waals surface area contributed by atoms with Crippen LogP contribution >= 0.6 is 0 Å². The second-order valence-electron chi connectivity index (χ2n) is 5.52. The van der Waals surface area contributed by atoms with Crippen LogP contribution in [0.5, 0.6) is 0 Å². The van der Waals surface area contributed by atoms with Gasteiger partial charge < -0.3 is 5.32 Å². The highest BCUT2D eigenvalue weighted by Gasteiger charge is 2.40. The molecule has 94 valence electrons. The van der Waals surface area contributed by atoms with Crippen molar-refractivity contribution in [2.75, 3.05) is 13.1 Å². The predicted molar refractivity (Wildman–Crippen MR) is 69.5 cm³/mol. The second-order valence-corrected chi connectivity index (χ2v) is 5.52. The van der Waals surface area contributed by atoms with Crippen molar-refractivity contribution >= 4 is 0 Å². The Morgan fingerprint density at radius 1 is 1.41 bits per heavy atom. The molecule has 0 radical (unpaired) electrons. The lowest BCUT2D eigenvalue weighted by atomic mass is 9.79. The van der Waals surface area contributed by atoms with Crippen LogP contribution in [0.25, 0.3) is 0 Å². The molecule has 1 saturated carbocycles. The van der Waals surface area contributed by atoms with Gasteiger partial charge in [-0.25, -0.2) is 4.39 Å². The zero-order chi connectivity index (χ0) is 12.3. The Bertz CT molecular complexity index is 373. The molecule has 1 fully saturated rings. The van der Waals surface area contributed by atoms with Gasteiger partial charge in [0.2, 0.25) is 0 Å². The summed E-state index contributed by atoms with van der Waals surface area (Å²) in [6.07, 6.45) is 3.64. The van der Waals surface area contributed by atoms with Crippen molar-refractivity contribution in [1.29, 1.82) is 0 Å². The van der Waals surface area contributed by atoms with Crippen molar-refractivity contribution < 1.29 is 4.39 Å². The van der Waals surface area contributed by atoms with Crippen LogP contribution in [0, 0.1) is 17.2 Å². The van der Waals surface area contributed by atoms with Gasteiger partial charge in [-0.3, -0.25) is 0 Å². The Labute approximate surface area is 103 Å². The molecule has 1 unspecified atom stereocenters. The first-order valence-corrected chi connectivity index (χ1v) is 6.59. The van der Waals surface area contributed by atoms with Crippen molar-refractivity contribution in [1.82, 2.24) is 5.32 Å². The molecular formula is C15H22FN. The van der Waals surface area contributed by atoms with E-state index in [0.29, 0.717) is 0 Å². The standard InChI is InChI=1S/C15H22FN/c1-3-17-11-15(2,13-7-8-13)10-12-5-4-6-14(16)9-12/h4-6,9,13,17H,3,7-8,10-11H2,1-2H3. The van der Waals surface area contributed by atoms with E-state index in [0.717, 1.165) is 31.0 Å². The molecule has 0 aromatic heterocycles. The average Bonchev–Trinajstić information content (AvgIpc) is 3.10. The van der Waals surface area contributed by atoms with Crippen LogP contribution in [0.4, 0.5) is 4.39 Å². The molecule has 0 amide bonds. The normalized spacial score (nSPS) is 19.0. The summed E-state index contributed by atoms with van der Waals surface area (Å²) in [5.41, 5.74) is 1.40. The van der Waals surface area contributed by atoms with Crippen molar-refractivity contribution in [3.63, 3.8) is 0 Å². The fourth-order valence-electron chi connectivity index (χ4n) is 2.66. The smallest absolute Gasteiger partial charge is 0.123 e. The minimum Gasteiger partial charge on any atom is -0.316 e. The van der Waals surface area contributed by atoms with Gasteiger partial charge in [0, 0.05) is 6.54 Å². The van der Waals surface area contributed by atoms with Crippen LogP contribution in [0.3, 0.4) is 0 Å². The molecule has 1 N–H and O–H groups in total. The van der Waals surface area contributed by atoms with Crippen LogP contribution < -0.4 is 5.32 Å². The van der Waals surface area contributed by atoms with Crippen molar-refractivity contribution in [3.05, 3.63) is 35.6 Å². The molecular weight excluding hydrogens is 213 g/mol. The Kier molecular flexibility index (Phi) is 3.82. The lowest BCUT2D eigenvalue weighted by Gasteiger charge is -2.30. The molecule has 0 saturated heterocycles. The van der Waals surface area contributed by atoms with E-state index in [1.807, 2.05) is 12.1 Å². The summed E-state index contributed by atoms with van der Waals surface area (Å²) < 4.78 is 13.2. The van der Waals surface area contributed by atoms with Gasteiger partial charge in [0.15, 0.2) is 0 Å². The molecule has 1 aromatic carbocycles. The second kappa shape index (κ2) is 5.18. The summed E-state index contributed by atoms with van der Waals surface area (Å²) in [7, 11) is 0. The maximum atomic E-state index is 13.2. The zero-order valence-corrected chi connectivity index (χ0v) is 10.8. The van der Waals surface area contributed by atoms with E-state index in [4.69, 9.17) is 0 Å². The Morgan fingerprint density at radius 2 is 2.18 bits per heavy atom. The molecule has 2 heteroatoms. The molecule has 0 heterocycles. The Balaban J connectivity index is 2.06. The van der Waals surface area contributed by atoms with Crippen LogP contribution in [0.1, 0.15) is 32.3 Å². The highest BCUT2D eigenvalue weighted by Crippen LogP contribution is 2.47. The largest absolute Gasteiger partial charge is 0.316 e. The summed E-state index contributed by atoms with van der Waals surface area (Å²) in [5.74, 6) is 0.689. The summed E-state index contributed by atoms with van der Waals surface area (Å²) >= 11 is 0. The number of hydrogen-bond donors (Lipinski definition) is 1. The van der Waals surface area contributed by atoms with Gasteiger partial charge in [-0.1, -0.05) is 26.0 Å². The van der Waals surface area contributed by atoms with Crippen LogP contribution in [0.2, 0.25) is 0 Å². The van der Waals surface area contributed by atoms with E-state index in [2.05, 4.69) is 19.2 Å². The third-order valence-electron chi connectivity index (χ3n) is 3.84. The highest BCUT2D eigenvalue weighted by molar-refractivity contribution is 5.19. The fourth-order valence-corrected chi connectivity index (χ4v) is 2.66. The molecule has 1 aromatic rings. The molecule has 1 nitrogen and oxygen atoms in total. The van der Waals surface area contributed by atoms with Crippen molar-refractivity contribution in [3.8, 4) is 0 Å². The topological polar surface area (TPSA) is 12.0 Å². The lowest BCUT2D eigenvalue weighted by Crippen LogP contribution is -2.35. The van der Waals surface area contributed by atoms with Crippen molar-refractivity contribution in [2.24, 2.45) is 11.3 Å². The molecule has 17 heavy (non-hydrogen) atoms. The minimum atomic E-state index is -0.121. The van der Waals surface area contributed by atoms with Gasteiger partial charge in [-0.2, -0.15) is 0 Å². The molecule has 1 aliphatic carbocycles. The molecule has 0 spiro atoms. The fraction of sp³-hybridized carbons (Fsp3) is 0.600. The SMILES string of the molecule is CCNCC(C)(Cc1cccc(F)c1)C1CC1. The van der Waals surface area contributed by atoms with Gasteiger partial charge in [0.05, 0.1) is 0 Å². The molecule has 1 aliphatic rings.